The standard InChI is InChI=1S/C31H45NO2/c33-31(34)22-17-21-29-23-25-30(26-24-29)32-27-16-11-9-7-5-3-1-2-4-6-8-10-13-18-28-19-14-12-15-20-28/h10,12-15,19-20,23-26,32H,1-9,11,16-18,21-22,27H2,(H,33,34)/b13-10+. The Hall–Kier alpha value is -2.55. The number of hydrogen-bond acceptors (Lipinski definition) is 2. The summed E-state index contributed by atoms with van der Waals surface area (Å²) in [6.07, 6.45) is 22.2. The Labute approximate surface area is 207 Å². The Kier molecular flexibility index (Phi) is 15.3. The molecular weight excluding hydrogens is 418 g/mol. The molecule has 0 fully saturated rings. The number of unbranched alkanes of at least 4 members (excludes halogenated alkanes) is 10. The monoisotopic (exact) mass is 463 g/mol. The normalized spacial score (nSPS) is 11.2. The van der Waals surface area contributed by atoms with Crippen LogP contribution in [0.4, 0.5) is 5.69 Å². The van der Waals surface area contributed by atoms with Crippen LogP contribution < -0.4 is 5.32 Å². The molecule has 0 heterocycles. The molecule has 2 rings (SSSR count). The zero-order chi connectivity index (χ0) is 24.1. The van der Waals surface area contributed by atoms with E-state index < -0.39 is 5.97 Å². The van der Waals surface area contributed by atoms with Crippen molar-refractivity contribution in [1.82, 2.24) is 0 Å². The van der Waals surface area contributed by atoms with Crippen molar-refractivity contribution in [2.24, 2.45) is 0 Å². The number of carbonyl (C=O) groups is 1. The minimum absolute atomic E-state index is 0.244. The number of aliphatic carboxylic acids is 1. The molecule has 3 heteroatoms. The second-order valence-electron chi connectivity index (χ2n) is 9.36. The molecular formula is C31H45NO2. The molecule has 0 radical (unpaired) electrons. The summed E-state index contributed by atoms with van der Waals surface area (Å²) in [5.41, 5.74) is 3.77. The Morgan fingerprint density at radius 1 is 0.676 bits per heavy atom. The van der Waals surface area contributed by atoms with Crippen LogP contribution in [0.15, 0.2) is 66.7 Å². The summed E-state index contributed by atoms with van der Waals surface area (Å²) >= 11 is 0. The maximum absolute atomic E-state index is 10.6. The number of rotatable bonds is 20. The van der Waals surface area contributed by atoms with E-state index in [-0.39, 0.29) is 6.42 Å². The molecule has 0 unspecified atom stereocenters. The first-order valence-corrected chi connectivity index (χ1v) is 13.5. The second kappa shape index (κ2) is 18.8. The van der Waals surface area contributed by atoms with Gasteiger partial charge in [-0.3, -0.25) is 4.79 Å². The van der Waals surface area contributed by atoms with Gasteiger partial charge in [0.1, 0.15) is 0 Å². The van der Waals surface area contributed by atoms with Crippen LogP contribution in [-0.2, 0) is 17.6 Å². The molecule has 0 amide bonds. The number of hydrogen-bond donors (Lipinski definition) is 2. The van der Waals surface area contributed by atoms with E-state index in [9.17, 15) is 4.79 Å². The third kappa shape index (κ3) is 14.6. The molecule has 186 valence electrons. The van der Waals surface area contributed by atoms with Gasteiger partial charge in [0.15, 0.2) is 0 Å². The Morgan fingerprint density at radius 2 is 1.29 bits per heavy atom. The molecule has 34 heavy (non-hydrogen) atoms. The molecule has 0 saturated heterocycles. The quantitative estimate of drug-likeness (QED) is 0.153. The van der Waals surface area contributed by atoms with Gasteiger partial charge >= 0.3 is 5.97 Å². The molecule has 0 aliphatic heterocycles. The topological polar surface area (TPSA) is 49.3 Å². The van der Waals surface area contributed by atoms with E-state index in [4.69, 9.17) is 5.11 Å². The summed E-state index contributed by atoms with van der Waals surface area (Å²) in [4.78, 5) is 10.6. The lowest BCUT2D eigenvalue weighted by Crippen LogP contribution is -2.01. The summed E-state index contributed by atoms with van der Waals surface area (Å²) in [5, 5.41) is 12.2. The highest BCUT2D eigenvalue weighted by Crippen LogP contribution is 2.14. The molecule has 2 aromatic carbocycles. The van der Waals surface area contributed by atoms with Crippen LogP contribution >= 0.6 is 0 Å². The maximum Gasteiger partial charge on any atom is 0.303 e. The van der Waals surface area contributed by atoms with Crippen molar-refractivity contribution in [3.05, 3.63) is 77.9 Å². The van der Waals surface area contributed by atoms with Gasteiger partial charge < -0.3 is 10.4 Å². The number of anilines is 1. The lowest BCUT2D eigenvalue weighted by Gasteiger charge is -2.08. The average molecular weight is 464 g/mol. The first-order chi connectivity index (χ1) is 16.7. The van der Waals surface area contributed by atoms with Crippen LogP contribution in [0.1, 0.15) is 94.6 Å². The molecule has 2 aromatic rings. The minimum atomic E-state index is -0.715. The average Bonchev–Trinajstić information content (AvgIpc) is 2.85. The van der Waals surface area contributed by atoms with Crippen molar-refractivity contribution in [3.63, 3.8) is 0 Å². The summed E-state index contributed by atoms with van der Waals surface area (Å²) in [7, 11) is 0. The van der Waals surface area contributed by atoms with Gasteiger partial charge in [-0.15, -0.1) is 0 Å². The predicted molar refractivity (Wildman–Crippen MR) is 146 cm³/mol. The van der Waals surface area contributed by atoms with Crippen molar-refractivity contribution in [3.8, 4) is 0 Å². The molecule has 0 aromatic heterocycles. The Balaban J connectivity index is 1.32. The molecule has 0 aliphatic carbocycles. The molecule has 2 N–H and O–H groups in total. The highest BCUT2D eigenvalue weighted by molar-refractivity contribution is 5.66. The first-order valence-electron chi connectivity index (χ1n) is 13.5. The fourth-order valence-corrected chi connectivity index (χ4v) is 4.22. The van der Waals surface area contributed by atoms with E-state index in [0.717, 1.165) is 25.1 Å². The van der Waals surface area contributed by atoms with Crippen LogP contribution in [-0.4, -0.2) is 17.6 Å². The summed E-state index contributed by atoms with van der Waals surface area (Å²) < 4.78 is 0. The second-order valence-corrected chi connectivity index (χ2v) is 9.36. The van der Waals surface area contributed by atoms with Gasteiger partial charge in [0, 0.05) is 18.7 Å². The van der Waals surface area contributed by atoms with Crippen LogP contribution in [0.2, 0.25) is 0 Å². The van der Waals surface area contributed by atoms with Crippen molar-refractivity contribution in [2.45, 2.75) is 96.3 Å². The molecule has 0 aliphatic rings. The van der Waals surface area contributed by atoms with Gasteiger partial charge in [-0.2, -0.15) is 0 Å². The Bertz CT molecular complexity index is 783. The van der Waals surface area contributed by atoms with Gasteiger partial charge in [0.2, 0.25) is 0 Å². The van der Waals surface area contributed by atoms with Crippen LogP contribution in [0.25, 0.3) is 0 Å². The van der Waals surface area contributed by atoms with Crippen molar-refractivity contribution >= 4 is 11.7 Å². The molecule has 0 spiro atoms. The summed E-state index contributed by atoms with van der Waals surface area (Å²) in [6, 6.07) is 19.1. The third-order valence-electron chi connectivity index (χ3n) is 6.30. The largest absolute Gasteiger partial charge is 0.481 e. The van der Waals surface area contributed by atoms with Crippen LogP contribution in [0, 0.1) is 0 Å². The van der Waals surface area contributed by atoms with Crippen molar-refractivity contribution in [1.29, 1.82) is 0 Å². The number of aryl methyl sites for hydroxylation is 1. The van der Waals surface area contributed by atoms with Gasteiger partial charge in [-0.25, -0.2) is 0 Å². The highest BCUT2D eigenvalue weighted by atomic mass is 16.4. The van der Waals surface area contributed by atoms with E-state index in [1.165, 1.54) is 81.8 Å². The summed E-state index contributed by atoms with van der Waals surface area (Å²) in [5.74, 6) is -0.715. The zero-order valence-electron chi connectivity index (χ0n) is 21.0. The number of carboxylic acids is 1. The number of carboxylic acid groups (broad SMARTS) is 1. The lowest BCUT2D eigenvalue weighted by molar-refractivity contribution is -0.137. The third-order valence-corrected chi connectivity index (χ3v) is 6.30. The van der Waals surface area contributed by atoms with Crippen molar-refractivity contribution in [2.75, 3.05) is 11.9 Å². The fourth-order valence-electron chi connectivity index (χ4n) is 4.22. The molecule has 0 atom stereocenters. The van der Waals surface area contributed by atoms with Crippen LogP contribution in [0.5, 0.6) is 0 Å². The van der Waals surface area contributed by atoms with Gasteiger partial charge in [0.05, 0.1) is 0 Å². The summed E-state index contributed by atoms with van der Waals surface area (Å²) in [6.45, 7) is 1.03. The first kappa shape index (κ1) is 27.7. The predicted octanol–water partition coefficient (Wildman–Crippen LogP) is 8.60. The van der Waals surface area contributed by atoms with E-state index in [2.05, 4.69) is 72.1 Å². The molecule has 0 bridgehead atoms. The van der Waals surface area contributed by atoms with E-state index >= 15 is 0 Å². The number of allylic oxidation sites excluding steroid dienone is 2. The van der Waals surface area contributed by atoms with E-state index in [1.54, 1.807) is 0 Å². The van der Waals surface area contributed by atoms with Crippen molar-refractivity contribution < 1.29 is 9.90 Å². The zero-order valence-corrected chi connectivity index (χ0v) is 21.0. The molecule has 0 saturated carbocycles. The van der Waals surface area contributed by atoms with Gasteiger partial charge in [-0.1, -0.05) is 106 Å². The molecule has 3 nitrogen and oxygen atoms in total. The highest BCUT2D eigenvalue weighted by Gasteiger charge is 1.99. The van der Waals surface area contributed by atoms with Crippen LogP contribution in [0.3, 0.4) is 0 Å². The SMILES string of the molecule is O=C(O)CCCc1ccc(NCCCCCCCCCCCC/C=C/Cc2ccccc2)cc1. The smallest absolute Gasteiger partial charge is 0.303 e. The van der Waals surface area contributed by atoms with E-state index in [1.807, 2.05) is 0 Å². The minimum Gasteiger partial charge on any atom is -0.481 e. The number of benzene rings is 2. The van der Waals surface area contributed by atoms with Gasteiger partial charge in [-0.05, 0) is 61.8 Å². The lowest BCUT2D eigenvalue weighted by atomic mass is 10.1. The number of nitrogens with one attached hydrogen (secondary N) is 1. The van der Waals surface area contributed by atoms with Gasteiger partial charge in [0.25, 0.3) is 0 Å². The Morgan fingerprint density at radius 3 is 1.94 bits per heavy atom. The maximum atomic E-state index is 10.6. The fraction of sp³-hybridized carbons (Fsp3) is 0.516. The van der Waals surface area contributed by atoms with E-state index in [0.29, 0.717) is 6.42 Å².